The first-order valence-electron chi connectivity index (χ1n) is 12.6. The van der Waals surface area contributed by atoms with Gasteiger partial charge in [-0.1, -0.05) is 48.5 Å². The Balaban J connectivity index is 1.15. The van der Waals surface area contributed by atoms with E-state index < -0.39 is 5.60 Å². The van der Waals surface area contributed by atoms with Gasteiger partial charge in [0, 0.05) is 44.1 Å². The van der Waals surface area contributed by atoms with E-state index in [0.717, 1.165) is 24.1 Å². The summed E-state index contributed by atoms with van der Waals surface area (Å²) in [6, 6.07) is 20.3. The number of nitrogens with zero attached hydrogens (tertiary/aromatic N) is 4. The normalized spacial score (nSPS) is 20.1. The fourth-order valence-electron chi connectivity index (χ4n) is 4.67. The Kier molecular flexibility index (Phi) is 7.16. The van der Waals surface area contributed by atoms with Crippen LogP contribution in [0, 0.1) is 0 Å². The molecule has 2 aliphatic rings. The zero-order chi connectivity index (χ0) is 25.0. The number of morpholine rings is 1. The molecule has 36 heavy (non-hydrogen) atoms. The van der Waals surface area contributed by atoms with Crippen molar-refractivity contribution in [1.82, 2.24) is 24.7 Å². The Hall–Kier alpha value is -3.49. The van der Waals surface area contributed by atoms with Gasteiger partial charge in [-0.3, -0.25) is 14.5 Å². The second kappa shape index (κ2) is 10.6. The molecule has 2 amide bonds. The summed E-state index contributed by atoms with van der Waals surface area (Å²) in [5.41, 5.74) is 1.87. The summed E-state index contributed by atoms with van der Waals surface area (Å²) in [6.45, 7) is 5.11. The Morgan fingerprint density at radius 1 is 1.11 bits per heavy atom. The summed E-state index contributed by atoms with van der Waals surface area (Å²) in [5, 5.41) is 2.97. The fraction of sp³-hybridized carbons (Fsp3) is 0.393. The molecule has 5 rings (SSSR count). The molecule has 1 atom stereocenters. The highest BCUT2D eigenvalue weighted by Crippen LogP contribution is 2.29. The third-order valence-electron chi connectivity index (χ3n) is 6.77. The topological polar surface area (TPSA) is 79.7 Å². The van der Waals surface area contributed by atoms with Crippen molar-refractivity contribution < 1.29 is 14.3 Å². The fourth-order valence-corrected chi connectivity index (χ4v) is 4.67. The molecular formula is C28H33N5O3. The molecule has 2 aromatic carbocycles. The van der Waals surface area contributed by atoms with Gasteiger partial charge in [0.25, 0.3) is 5.91 Å². The van der Waals surface area contributed by atoms with Crippen molar-refractivity contribution in [3.8, 4) is 5.69 Å². The molecule has 8 nitrogen and oxygen atoms in total. The minimum absolute atomic E-state index is 0.154. The zero-order valence-corrected chi connectivity index (χ0v) is 20.7. The molecule has 1 aliphatic heterocycles. The van der Waals surface area contributed by atoms with E-state index in [1.165, 1.54) is 0 Å². The van der Waals surface area contributed by atoms with Crippen molar-refractivity contribution in [2.75, 3.05) is 32.8 Å². The highest BCUT2D eigenvalue weighted by Gasteiger charge is 2.37. The Bertz CT molecular complexity index is 1180. The number of rotatable bonds is 9. The molecule has 3 aromatic rings. The molecule has 2 fully saturated rings. The summed E-state index contributed by atoms with van der Waals surface area (Å²) < 4.78 is 7.87. The van der Waals surface area contributed by atoms with Gasteiger partial charge in [0.1, 0.15) is 12.0 Å². The monoisotopic (exact) mass is 487 g/mol. The molecule has 1 saturated carbocycles. The Morgan fingerprint density at radius 2 is 1.83 bits per heavy atom. The number of amides is 2. The van der Waals surface area contributed by atoms with Gasteiger partial charge in [-0.25, -0.2) is 4.98 Å². The minimum Gasteiger partial charge on any atom is -0.371 e. The highest BCUT2D eigenvalue weighted by molar-refractivity contribution is 5.92. The van der Waals surface area contributed by atoms with Gasteiger partial charge in [-0.15, -0.1) is 0 Å². The second-order valence-corrected chi connectivity index (χ2v) is 9.93. The molecule has 0 spiro atoms. The lowest BCUT2D eigenvalue weighted by Gasteiger charge is -2.40. The van der Waals surface area contributed by atoms with Crippen LogP contribution >= 0.6 is 0 Å². The molecule has 0 bridgehead atoms. The van der Waals surface area contributed by atoms with Gasteiger partial charge in [0.05, 0.1) is 18.8 Å². The summed E-state index contributed by atoms with van der Waals surface area (Å²) in [4.78, 5) is 34.4. The van der Waals surface area contributed by atoms with E-state index in [-0.39, 0.29) is 11.8 Å². The minimum atomic E-state index is -0.583. The first-order valence-corrected chi connectivity index (χ1v) is 12.6. The van der Waals surface area contributed by atoms with Crippen LogP contribution in [0.5, 0.6) is 0 Å². The van der Waals surface area contributed by atoms with Crippen molar-refractivity contribution in [2.24, 2.45) is 0 Å². The smallest absolute Gasteiger partial charge is 0.271 e. The zero-order valence-electron chi connectivity index (χ0n) is 20.7. The molecule has 1 unspecified atom stereocenters. The Morgan fingerprint density at radius 3 is 2.56 bits per heavy atom. The quantitative estimate of drug-likeness (QED) is 0.502. The standard InChI is InChI=1S/C28H33N5O3/c1-28(19-29-27(35)25-17-32(21-30-25)23-10-6-3-7-11-23)20-31(14-15-36-28)18-26(34)33(24-12-13-24)16-22-8-4-2-5-9-22/h2-11,17,21,24H,12-16,18-20H2,1H3,(H,29,35). The van der Waals surface area contributed by atoms with Crippen molar-refractivity contribution in [2.45, 2.75) is 38.0 Å². The van der Waals surface area contributed by atoms with Gasteiger partial charge >= 0.3 is 0 Å². The van der Waals surface area contributed by atoms with E-state index in [2.05, 4.69) is 27.3 Å². The van der Waals surface area contributed by atoms with Crippen LogP contribution in [0.15, 0.2) is 73.2 Å². The summed E-state index contributed by atoms with van der Waals surface area (Å²) in [6.07, 6.45) is 5.51. The van der Waals surface area contributed by atoms with E-state index in [1.54, 1.807) is 12.5 Å². The van der Waals surface area contributed by atoms with Gasteiger partial charge < -0.3 is 19.5 Å². The third kappa shape index (κ3) is 6.01. The van der Waals surface area contributed by atoms with E-state index in [1.807, 2.05) is 64.9 Å². The summed E-state index contributed by atoms with van der Waals surface area (Å²) >= 11 is 0. The van der Waals surface area contributed by atoms with Gasteiger partial charge in [0.2, 0.25) is 5.91 Å². The molecule has 8 heteroatoms. The molecule has 0 radical (unpaired) electrons. The van der Waals surface area contributed by atoms with E-state index in [4.69, 9.17) is 4.74 Å². The maximum atomic E-state index is 13.2. The predicted molar refractivity (Wildman–Crippen MR) is 137 cm³/mol. The predicted octanol–water partition coefficient (Wildman–Crippen LogP) is 2.88. The lowest BCUT2D eigenvalue weighted by molar-refractivity contribution is -0.139. The van der Waals surface area contributed by atoms with Crippen molar-refractivity contribution >= 4 is 11.8 Å². The number of hydrogen-bond donors (Lipinski definition) is 1. The van der Waals surface area contributed by atoms with E-state index in [9.17, 15) is 9.59 Å². The number of para-hydroxylation sites is 1. The van der Waals surface area contributed by atoms with Crippen LogP contribution in [0.3, 0.4) is 0 Å². The number of ether oxygens (including phenoxy) is 1. The first-order chi connectivity index (χ1) is 17.5. The van der Waals surface area contributed by atoms with Crippen molar-refractivity contribution in [3.05, 3.63) is 84.4 Å². The number of carbonyl (C=O) groups is 2. The van der Waals surface area contributed by atoms with Crippen molar-refractivity contribution in [3.63, 3.8) is 0 Å². The summed E-state index contributed by atoms with van der Waals surface area (Å²) in [5.74, 6) is -0.0911. The maximum Gasteiger partial charge on any atom is 0.271 e. The van der Waals surface area contributed by atoms with Crippen molar-refractivity contribution in [1.29, 1.82) is 0 Å². The highest BCUT2D eigenvalue weighted by atomic mass is 16.5. The molecule has 1 saturated heterocycles. The first kappa shape index (κ1) is 24.2. The van der Waals surface area contributed by atoms with Crippen LogP contribution in [0.25, 0.3) is 5.69 Å². The Labute approximate surface area is 211 Å². The molecular weight excluding hydrogens is 454 g/mol. The lowest BCUT2D eigenvalue weighted by Crippen LogP contribution is -2.57. The van der Waals surface area contributed by atoms with Gasteiger partial charge in [-0.2, -0.15) is 0 Å². The average molecular weight is 488 g/mol. The molecule has 188 valence electrons. The SMILES string of the molecule is CC1(CNC(=O)c2cn(-c3ccccc3)cn2)CN(CC(=O)N(Cc2ccccc2)C2CC2)CCO1. The van der Waals surface area contributed by atoms with Crippen LogP contribution in [0.2, 0.25) is 0 Å². The summed E-state index contributed by atoms with van der Waals surface area (Å²) in [7, 11) is 0. The second-order valence-electron chi connectivity index (χ2n) is 9.93. The molecule has 1 aromatic heterocycles. The van der Waals surface area contributed by atoms with Crippen LogP contribution in [-0.4, -0.2) is 75.6 Å². The number of imidazole rings is 1. The third-order valence-corrected chi connectivity index (χ3v) is 6.77. The number of benzene rings is 2. The maximum absolute atomic E-state index is 13.2. The number of nitrogens with one attached hydrogen (secondary N) is 1. The van der Waals surface area contributed by atoms with E-state index >= 15 is 0 Å². The molecule has 2 heterocycles. The average Bonchev–Trinajstić information content (AvgIpc) is 3.61. The molecule has 1 aliphatic carbocycles. The number of carbonyl (C=O) groups excluding carboxylic acids is 2. The largest absolute Gasteiger partial charge is 0.371 e. The van der Waals surface area contributed by atoms with Gasteiger partial charge in [0.15, 0.2) is 0 Å². The van der Waals surface area contributed by atoms with Crippen LogP contribution in [0.1, 0.15) is 35.8 Å². The van der Waals surface area contributed by atoms with Gasteiger partial charge in [-0.05, 0) is 37.5 Å². The van der Waals surface area contributed by atoms with Crippen LogP contribution < -0.4 is 5.32 Å². The number of aromatic nitrogens is 2. The van der Waals surface area contributed by atoms with E-state index in [0.29, 0.717) is 51.1 Å². The number of hydrogen-bond acceptors (Lipinski definition) is 5. The lowest BCUT2D eigenvalue weighted by atomic mass is 10.0. The van der Waals surface area contributed by atoms with Crippen LogP contribution in [-0.2, 0) is 16.1 Å². The van der Waals surface area contributed by atoms with Crippen LogP contribution in [0.4, 0.5) is 0 Å². The molecule has 1 N–H and O–H groups in total.